The van der Waals surface area contributed by atoms with Crippen molar-refractivity contribution in [1.82, 2.24) is 14.6 Å². The monoisotopic (exact) mass is 525 g/mol. The second-order valence-corrected chi connectivity index (χ2v) is 10.7. The van der Waals surface area contributed by atoms with E-state index < -0.39 is 34.9 Å². The Bertz CT molecular complexity index is 1350. The number of nitrogens with one attached hydrogen (secondary N) is 2. The molecule has 2 unspecified atom stereocenters. The minimum absolute atomic E-state index is 0.0259. The average Bonchev–Trinajstić information content (AvgIpc) is 3.46. The molecule has 0 radical (unpaired) electrons. The molecular weight excluding hydrogens is 497 g/mol. The van der Waals surface area contributed by atoms with Crippen molar-refractivity contribution >= 4 is 40.4 Å². The molecule has 13 heteroatoms. The highest BCUT2D eigenvalue weighted by Crippen LogP contribution is 2.42. The third kappa shape index (κ3) is 4.99. The first-order valence-corrected chi connectivity index (χ1v) is 12.1. The van der Waals surface area contributed by atoms with Crippen molar-refractivity contribution in [3.05, 3.63) is 37.7 Å². The average molecular weight is 526 g/mol. The summed E-state index contributed by atoms with van der Waals surface area (Å²) in [5.41, 5.74) is -0.598. The van der Waals surface area contributed by atoms with E-state index in [2.05, 4.69) is 5.32 Å². The number of rotatable bonds is 5. The Hall–Kier alpha value is -3.28. The van der Waals surface area contributed by atoms with Gasteiger partial charge in [-0.25, -0.2) is 24.2 Å². The lowest BCUT2D eigenvalue weighted by Crippen LogP contribution is -2.46. The number of benzene rings is 1. The highest BCUT2D eigenvalue weighted by atomic mass is 35.5. The number of amides is 2. The minimum atomic E-state index is -1.60. The van der Waals surface area contributed by atoms with Crippen LogP contribution in [0.2, 0.25) is 5.02 Å². The van der Waals surface area contributed by atoms with Gasteiger partial charge in [0.05, 0.1) is 21.6 Å². The van der Waals surface area contributed by atoms with Gasteiger partial charge in [0.1, 0.15) is 11.4 Å². The topological polar surface area (TPSA) is 135 Å². The van der Waals surface area contributed by atoms with Crippen LogP contribution in [-0.2, 0) is 4.74 Å². The van der Waals surface area contributed by atoms with E-state index in [1.54, 1.807) is 31.1 Å². The lowest BCUT2D eigenvalue weighted by molar-refractivity contribution is 0.0494. The summed E-state index contributed by atoms with van der Waals surface area (Å²) in [6.45, 7) is 7.98. The van der Waals surface area contributed by atoms with Gasteiger partial charge >= 0.3 is 17.9 Å². The Morgan fingerprint density at radius 2 is 1.92 bits per heavy atom. The fraction of sp³-hybridized carbons (Fsp3) is 0.565. The van der Waals surface area contributed by atoms with E-state index in [-0.39, 0.29) is 39.6 Å². The SMILES string of the molecule is CC(NC(=O)OC(C)(C)C)C1CCN(c2c(F)cc3c(=O)n(NC(=O)O)c(=O)n(C4CC4)c3c2Cl)C1. The summed E-state index contributed by atoms with van der Waals surface area (Å²) in [6, 6.07) is 0.459. The molecule has 1 aliphatic heterocycles. The van der Waals surface area contributed by atoms with Crippen LogP contribution in [0, 0.1) is 11.7 Å². The van der Waals surface area contributed by atoms with Gasteiger partial charge in [-0.2, -0.15) is 4.68 Å². The normalized spacial score (nSPS) is 18.8. The standard InChI is InChI=1S/C23H29ClFN5O6/c1-11(26-21(34)36-23(2,3)4)12-7-8-28(10-12)18-15(25)9-14-17(16(18)24)29(13-5-6-13)22(35)30(19(14)31)27-20(32)33/h9,11-13,27H,5-8,10H2,1-4H3,(H,26,34)(H,32,33). The third-order valence-corrected chi connectivity index (χ3v) is 6.71. The largest absolute Gasteiger partial charge is 0.464 e. The van der Waals surface area contributed by atoms with Crippen LogP contribution in [0.1, 0.15) is 53.0 Å². The van der Waals surface area contributed by atoms with Gasteiger partial charge in [-0.05, 0) is 58.9 Å². The second kappa shape index (κ2) is 9.30. The zero-order chi connectivity index (χ0) is 26.5. The number of carboxylic acid groups (broad SMARTS) is 1. The van der Waals surface area contributed by atoms with Crippen molar-refractivity contribution < 1.29 is 23.8 Å². The molecule has 2 aliphatic rings. The maximum Gasteiger partial charge on any atom is 0.424 e. The lowest BCUT2D eigenvalue weighted by Gasteiger charge is -2.26. The molecule has 1 aromatic heterocycles. The van der Waals surface area contributed by atoms with Crippen molar-refractivity contribution in [1.29, 1.82) is 0 Å². The molecule has 1 saturated heterocycles. The van der Waals surface area contributed by atoms with Crippen LogP contribution in [-0.4, -0.2) is 51.3 Å². The van der Waals surface area contributed by atoms with Crippen molar-refractivity contribution in [2.75, 3.05) is 23.4 Å². The summed E-state index contributed by atoms with van der Waals surface area (Å²) < 4.78 is 22.3. The number of carbonyl (C=O) groups excluding carboxylic acids is 1. The molecule has 1 saturated carbocycles. The number of hydrogen-bond acceptors (Lipinski definition) is 6. The molecule has 1 aliphatic carbocycles. The highest BCUT2D eigenvalue weighted by molar-refractivity contribution is 6.38. The Kier molecular flexibility index (Phi) is 6.67. The number of fused-ring (bicyclic) bond motifs is 1. The van der Waals surface area contributed by atoms with Crippen molar-refractivity contribution in [3.63, 3.8) is 0 Å². The zero-order valence-corrected chi connectivity index (χ0v) is 21.2. The smallest absolute Gasteiger partial charge is 0.424 e. The van der Waals surface area contributed by atoms with E-state index in [4.69, 9.17) is 21.4 Å². The molecule has 2 amide bonds. The van der Waals surface area contributed by atoms with E-state index in [9.17, 15) is 19.2 Å². The van der Waals surface area contributed by atoms with E-state index in [1.165, 1.54) is 4.57 Å². The first-order chi connectivity index (χ1) is 16.8. The Balaban J connectivity index is 1.69. The molecule has 11 nitrogen and oxygen atoms in total. The van der Waals surface area contributed by atoms with Crippen molar-refractivity contribution in [2.24, 2.45) is 5.92 Å². The van der Waals surface area contributed by atoms with Crippen LogP contribution in [0.4, 0.5) is 19.7 Å². The molecule has 2 aromatic rings. The van der Waals surface area contributed by atoms with E-state index in [1.807, 2.05) is 6.92 Å². The first-order valence-electron chi connectivity index (χ1n) is 11.7. The van der Waals surface area contributed by atoms with Gasteiger partial charge in [0, 0.05) is 25.2 Å². The predicted octanol–water partition coefficient (Wildman–Crippen LogP) is 3.25. The lowest BCUT2D eigenvalue weighted by atomic mass is 10.0. The molecule has 1 aromatic carbocycles. The maximum atomic E-state index is 15.4. The Morgan fingerprint density at radius 3 is 2.50 bits per heavy atom. The highest BCUT2D eigenvalue weighted by Gasteiger charge is 2.35. The number of hydrogen-bond donors (Lipinski definition) is 3. The van der Waals surface area contributed by atoms with Gasteiger partial charge in [0.2, 0.25) is 0 Å². The number of carbonyl (C=O) groups is 2. The summed E-state index contributed by atoms with van der Waals surface area (Å²) in [6.07, 6.45) is -0.213. The molecule has 0 bridgehead atoms. The molecule has 2 atom stereocenters. The predicted molar refractivity (Wildman–Crippen MR) is 132 cm³/mol. The quantitative estimate of drug-likeness (QED) is 0.545. The molecule has 0 spiro atoms. The zero-order valence-electron chi connectivity index (χ0n) is 20.4. The van der Waals surface area contributed by atoms with Crippen molar-refractivity contribution in [3.8, 4) is 0 Å². The number of ether oxygens (including phenoxy) is 1. The van der Waals surface area contributed by atoms with Crippen molar-refractivity contribution in [2.45, 2.75) is 64.6 Å². The molecule has 2 fully saturated rings. The molecule has 4 rings (SSSR count). The molecular formula is C23H29ClFN5O6. The molecule has 36 heavy (non-hydrogen) atoms. The van der Waals surface area contributed by atoms with Gasteiger partial charge in [0.25, 0.3) is 5.56 Å². The summed E-state index contributed by atoms with van der Waals surface area (Å²) in [4.78, 5) is 50.9. The fourth-order valence-electron chi connectivity index (χ4n) is 4.57. The van der Waals surface area contributed by atoms with Crippen LogP contribution in [0.25, 0.3) is 10.9 Å². The van der Waals surface area contributed by atoms with E-state index >= 15 is 4.39 Å². The Labute approximate surface area is 210 Å². The summed E-state index contributed by atoms with van der Waals surface area (Å²) >= 11 is 6.67. The number of anilines is 1. The summed E-state index contributed by atoms with van der Waals surface area (Å²) in [5.74, 6) is -0.789. The fourth-order valence-corrected chi connectivity index (χ4v) is 4.98. The first kappa shape index (κ1) is 25.8. The number of nitrogens with zero attached hydrogens (tertiary/aromatic N) is 3. The van der Waals surface area contributed by atoms with Gasteiger partial charge < -0.3 is 20.1 Å². The maximum absolute atomic E-state index is 15.4. The van der Waals surface area contributed by atoms with E-state index in [0.29, 0.717) is 37.0 Å². The second-order valence-electron chi connectivity index (χ2n) is 10.3. The minimum Gasteiger partial charge on any atom is -0.464 e. The van der Waals surface area contributed by atoms with Crippen LogP contribution in [0.3, 0.4) is 0 Å². The van der Waals surface area contributed by atoms with Crippen LogP contribution < -0.4 is 26.9 Å². The summed E-state index contributed by atoms with van der Waals surface area (Å²) in [7, 11) is 0. The molecule has 3 N–H and O–H groups in total. The van der Waals surface area contributed by atoms with E-state index in [0.717, 1.165) is 6.07 Å². The summed E-state index contributed by atoms with van der Waals surface area (Å²) in [5, 5.41) is 11.6. The number of aromatic nitrogens is 2. The third-order valence-electron chi connectivity index (χ3n) is 6.35. The number of alkyl carbamates (subject to hydrolysis) is 1. The van der Waals surface area contributed by atoms with Gasteiger partial charge in [-0.15, -0.1) is 0 Å². The Morgan fingerprint density at radius 1 is 1.25 bits per heavy atom. The molecule has 196 valence electrons. The number of halogens is 2. The van der Waals surface area contributed by atoms with Crippen LogP contribution in [0.15, 0.2) is 15.7 Å². The van der Waals surface area contributed by atoms with Gasteiger partial charge in [-0.3, -0.25) is 9.36 Å². The van der Waals surface area contributed by atoms with Crippen LogP contribution in [0.5, 0.6) is 0 Å². The van der Waals surface area contributed by atoms with Gasteiger partial charge in [-0.1, -0.05) is 11.6 Å². The molecule has 2 heterocycles. The van der Waals surface area contributed by atoms with Gasteiger partial charge in [0.15, 0.2) is 0 Å². The van der Waals surface area contributed by atoms with Crippen LogP contribution >= 0.6 is 11.6 Å².